The van der Waals surface area contributed by atoms with E-state index in [1.165, 1.54) is 0 Å². The third kappa shape index (κ3) is 6.32. The minimum absolute atomic E-state index is 0.244. The number of carbonyl (C=O) groups is 1. The van der Waals surface area contributed by atoms with E-state index < -0.39 is 38.7 Å². The van der Waals surface area contributed by atoms with Gasteiger partial charge in [0.1, 0.15) is 12.4 Å². The van der Waals surface area contributed by atoms with E-state index in [1.807, 2.05) is 0 Å². The quantitative estimate of drug-likeness (QED) is 0.608. The number of carbonyl (C=O) groups excluding carboxylic acids is 1. The molecule has 10 heteroatoms. The molecule has 0 atom stereocenters. The summed E-state index contributed by atoms with van der Waals surface area (Å²) in [6.07, 6.45) is -2.88. The van der Waals surface area contributed by atoms with Crippen LogP contribution >= 0.6 is 10.7 Å². The third-order valence-corrected chi connectivity index (χ3v) is 3.57. The van der Waals surface area contributed by atoms with E-state index in [0.717, 1.165) is 12.1 Å². The zero-order valence-electron chi connectivity index (χ0n) is 10.5. The predicted molar refractivity (Wildman–Crippen MR) is 69.5 cm³/mol. The first-order valence-corrected chi connectivity index (χ1v) is 7.91. The summed E-state index contributed by atoms with van der Waals surface area (Å²) in [5.41, 5.74) is -0.252. The SMILES string of the molecule is O=C(CCOCC(F)F)Nc1ccc(S(=O)(=O)Cl)cc1F. The summed E-state index contributed by atoms with van der Waals surface area (Å²) in [5, 5.41) is 2.16. The second-order valence-electron chi connectivity index (χ2n) is 3.84. The van der Waals surface area contributed by atoms with Gasteiger partial charge in [0.05, 0.1) is 23.6 Å². The van der Waals surface area contributed by atoms with Gasteiger partial charge < -0.3 is 10.1 Å². The summed E-state index contributed by atoms with van der Waals surface area (Å²) in [4.78, 5) is 11.0. The van der Waals surface area contributed by atoms with Crippen LogP contribution in [0, 0.1) is 5.82 Å². The number of ether oxygens (including phenoxy) is 1. The molecule has 21 heavy (non-hydrogen) atoms. The van der Waals surface area contributed by atoms with Gasteiger partial charge in [-0.15, -0.1) is 0 Å². The van der Waals surface area contributed by atoms with Gasteiger partial charge in [0.25, 0.3) is 15.5 Å². The lowest BCUT2D eigenvalue weighted by molar-refractivity contribution is -0.117. The Balaban J connectivity index is 2.57. The molecule has 1 N–H and O–H groups in total. The van der Waals surface area contributed by atoms with Crippen LogP contribution in [0.2, 0.25) is 0 Å². The van der Waals surface area contributed by atoms with Crippen LogP contribution in [0.4, 0.5) is 18.9 Å². The zero-order chi connectivity index (χ0) is 16.0. The van der Waals surface area contributed by atoms with Crippen molar-refractivity contribution in [3.63, 3.8) is 0 Å². The topological polar surface area (TPSA) is 72.5 Å². The summed E-state index contributed by atoms with van der Waals surface area (Å²) >= 11 is 0. The second-order valence-corrected chi connectivity index (χ2v) is 6.41. The van der Waals surface area contributed by atoms with Gasteiger partial charge in [-0.3, -0.25) is 4.79 Å². The Labute approximate surface area is 123 Å². The van der Waals surface area contributed by atoms with E-state index in [0.29, 0.717) is 6.07 Å². The van der Waals surface area contributed by atoms with Crippen LogP contribution < -0.4 is 5.32 Å². The summed E-state index contributed by atoms with van der Waals surface area (Å²) in [6.45, 7) is -1.03. The molecule has 0 aliphatic rings. The molecular weight excluding hydrogens is 335 g/mol. The number of amides is 1. The van der Waals surface area contributed by atoms with Crippen molar-refractivity contribution in [3.05, 3.63) is 24.0 Å². The van der Waals surface area contributed by atoms with Gasteiger partial charge in [-0.2, -0.15) is 0 Å². The van der Waals surface area contributed by atoms with Gasteiger partial charge in [0.15, 0.2) is 0 Å². The predicted octanol–water partition coefficient (Wildman–Crippen LogP) is 2.36. The van der Waals surface area contributed by atoms with E-state index >= 15 is 0 Å². The Morgan fingerprint density at radius 3 is 2.57 bits per heavy atom. The van der Waals surface area contributed by atoms with Crippen molar-refractivity contribution >= 4 is 31.3 Å². The van der Waals surface area contributed by atoms with E-state index in [4.69, 9.17) is 10.7 Å². The number of anilines is 1. The molecule has 5 nitrogen and oxygen atoms in total. The summed E-state index contributed by atoms with van der Waals surface area (Å²) in [6, 6.07) is 2.71. The van der Waals surface area contributed by atoms with Gasteiger partial charge in [0, 0.05) is 10.7 Å². The lowest BCUT2D eigenvalue weighted by atomic mass is 10.3. The Morgan fingerprint density at radius 2 is 2.05 bits per heavy atom. The molecule has 0 spiro atoms. The van der Waals surface area contributed by atoms with Crippen molar-refractivity contribution in [3.8, 4) is 0 Å². The molecule has 0 bridgehead atoms. The minimum Gasteiger partial charge on any atom is -0.375 e. The fourth-order valence-electron chi connectivity index (χ4n) is 1.30. The Bertz CT molecular complexity index is 609. The molecule has 1 aromatic rings. The normalized spacial score (nSPS) is 11.7. The first kappa shape index (κ1) is 17.7. The van der Waals surface area contributed by atoms with Crippen molar-refractivity contribution in [1.29, 1.82) is 0 Å². The number of halogens is 4. The number of benzene rings is 1. The van der Waals surface area contributed by atoms with E-state index in [1.54, 1.807) is 0 Å². The Kier molecular flexibility index (Phi) is 6.43. The highest BCUT2D eigenvalue weighted by Gasteiger charge is 2.14. The van der Waals surface area contributed by atoms with Gasteiger partial charge in [-0.25, -0.2) is 21.6 Å². The standard InChI is InChI=1S/C11H11ClF3NO4S/c12-21(18,19)7-1-2-9(8(13)5-7)16-11(17)3-4-20-6-10(14)15/h1-2,5,10H,3-4,6H2,(H,16,17). The minimum atomic E-state index is -4.07. The van der Waals surface area contributed by atoms with Crippen LogP contribution in [0.15, 0.2) is 23.1 Å². The van der Waals surface area contributed by atoms with Crippen LogP contribution in [0.1, 0.15) is 6.42 Å². The van der Waals surface area contributed by atoms with Gasteiger partial charge in [-0.1, -0.05) is 0 Å². The monoisotopic (exact) mass is 345 g/mol. The smallest absolute Gasteiger partial charge is 0.261 e. The largest absolute Gasteiger partial charge is 0.375 e. The lowest BCUT2D eigenvalue weighted by Crippen LogP contribution is -2.16. The molecule has 0 fully saturated rings. The van der Waals surface area contributed by atoms with Crippen LogP contribution in [-0.4, -0.2) is 34.0 Å². The zero-order valence-corrected chi connectivity index (χ0v) is 12.1. The van der Waals surface area contributed by atoms with Gasteiger partial charge in [-0.05, 0) is 18.2 Å². The Hall–Kier alpha value is -1.32. The fourth-order valence-corrected chi connectivity index (χ4v) is 2.06. The Morgan fingerprint density at radius 1 is 1.38 bits per heavy atom. The van der Waals surface area contributed by atoms with Crippen LogP contribution in [-0.2, 0) is 18.6 Å². The summed E-state index contributed by atoms with van der Waals surface area (Å²) in [5.74, 6) is -1.65. The molecule has 0 saturated heterocycles. The number of rotatable bonds is 7. The molecule has 0 aliphatic carbocycles. The summed E-state index contributed by atoms with van der Waals surface area (Å²) < 4.78 is 63.5. The van der Waals surface area contributed by atoms with E-state index in [-0.39, 0.29) is 18.7 Å². The van der Waals surface area contributed by atoms with Crippen molar-refractivity contribution < 1.29 is 31.1 Å². The third-order valence-electron chi connectivity index (χ3n) is 2.21. The summed E-state index contributed by atoms with van der Waals surface area (Å²) in [7, 11) is 0.971. The molecule has 0 heterocycles. The van der Waals surface area contributed by atoms with E-state index in [2.05, 4.69) is 10.1 Å². The first-order valence-electron chi connectivity index (χ1n) is 5.60. The molecule has 0 aliphatic heterocycles. The molecule has 0 radical (unpaired) electrons. The van der Waals surface area contributed by atoms with Crippen molar-refractivity contribution in [1.82, 2.24) is 0 Å². The highest BCUT2D eigenvalue weighted by atomic mass is 35.7. The molecular formula is C11H11ClF3NO4S. The maximum absolute atomic E-state index is 13.6. The molecule has 118 valence electrons. The van der Waals surface area contributed by atoms with Crippen LogP contribution in [0.3, 0.4) is 0 Å². The van der Waals surface area contributed by atoms with Gasteiger partial charge in [0.2, 0.25) is 5.91 Å². The second kappa shape index (κ2) is 7.62. The van der Waals surface area contributed by atoms with Crippen LogP contribution in [0.5, 0.6) is 0 Å². The average molecular weight is 346 g/mol. The first-order chi connectivity index (χ1) is 9.70. The maximum atomic E-state index is 13.6. The number of hydrogen-bond acceptors (Lipinski definition) is 4. The molecule has 1 rings (SSSR count). The maximum Gasteiger partial charge on any atom is 0.261 e. The van der Waals surface area contributed by atoms with Crippen LogP contribution in [0.25, 0.3) is 0 Å². The highest BCUT2D eigenvalue weighted by Crippen LogP contribution is 2.21. The number of hydrogen-bond donors (Lipinski definition) is 1. The highest BCUT2D eigenvalue weighted by molar-refractivity contribution is 8.13. The lowest BCUT2D eigenvalue weighted by Gasteiger charge is -2.07. The number of alkyl halides is 2. The van der Waals surface area contributed by atoms with Crippen molar-refractivity contribution in [2.45, 2.75) is 17.7 Å². The molecule has 0 unspecified atom stereocenters. The molecule has 1 amide bonds. The average Bonchev–Trinajstić information content (AvgIpc) is 2.35. The van der Waals surface area contributed by atoms with E-state index in [9.17, 15) is 26.4 Å². The molecule has 1 aromatic carbocycles. The number of nitrogens with one attached hydrogen (secondary N) is 1. The van der Waals surface area contributed by atoms with Crippen molar-refractivity contribution in [2.24, 2.45) is 0 Å². The molecule has 0 saturated carbocycles. The van der Waals surface area contributed by atoms with Crippen molar-refractivity contribution in [2.75, 3.05) is 18.5 Å². The van der Waals surface area contributed by atoms with Gasteiger partial charge >= 0.3 is 0 Å². The fraction of sp³-hybridized carbons (Fsp3) is 0.364. The molecule has 0 aromatic heterocycles.